The largest absolute Gasteiger partial charge is 0.481 e. The maximum Gasteiger partial charge on any atom is 0.407 e. The molecule has 0 fully saturated rings. The monoisotopic (exact) mass is 347 g/mol. The first-order valence-corrected chi connectivity index (χ1v) is 7.54. The number of nitrogens with one attached hydrogen (secondary N) is 1. The molecule has 0 radical (unpaired) electrons. The molecule has 0 bridgehead atoms. The van der Waals surface area contributed by atoms with E-state index in [4.69, 9.17) is 19.7 Å². The van der Waals surface area contributed by atoms with E-state index in [-0.39, 0.29) is 13.0 Å². The van der Waals surface area contributed by atoms with Gasteiger partial charge < -0.3 is 25.0 Å². The highest BCUT2D eigenvalue weighted by atomic mass is 16.6. The Kier molecular flexibility index (Phi) is 8.80. The fourth-order valence-electron chi connectivity index (χ4n) is 1.96. The lowest BCUT2D eigenvalue weighted by molar-refractivity contribution is -0.153. The molecule has 9 nitrogen and oxygen atoms in total. The molecule has 0 aromatic carbocycles. The predicted molar refractivity (Wildman–Crippen MR) is 82.4 cm³/mol. The highest BCUT2D eigenvalue weighted by Gasteiger charge is 2.29. The van der Waals surface area contributed by atoms with Gasteiger partial charge in [-0.05, 0) is 34.1 Å². The smallest absolute Gasteiger partial charge is 0.407 e. The molecule has 24 heavy (non-hydrogen) atoms. The van der Waals surface area contributed by atoms with Crippen molar-refractivity contribution in [1.82, 2.24) is 5.32 Å². The van der Waals surface area contributed by atoms with Crippen molar-refractivity contribution in [3.63, 3.8) is 0 Å². The number of hydrogen-bond acceptors (Lipinski definition) is 6. The number of carboxylic acid groups (broad SMARTS) is 2. The van der Waals surface area contributed by atoms with Crippen LogP contribution >= 0.6 is 0 Å². The SMILES string of the molecule is CCOC(=O)C(CC(=O)O)CC(CC(=O)O)NC(=O)OC(C)(C)C. The van der Waals surface area contributed by atoms with Gasteiger partial charge in [-0.25, -0.2) is 4.79 Å². The van der Waals surface area contributed by atoms with Crippen molar-refractivity contribution in [3.05, 3.63) is 0 Å². The van der Waals surface area contributed by atoms with Crippen molar-refractivity contribution in [2.45, 2.75) is 58.6 Å². The number of aliphatic carboxylic acids is 2. The Balaban J connectivity index is 5.04. The first kappa shape index (κ1) is 21.7. The summed E-state index contributed by atoms with van der Waals surface area (Å²) in [5.41, 5.74) is -0.778. The van der Waals surface area contributed by atoms with Gasteiger partial charge in [-0.1, -0.05) is 0 Å². The van der Waals surface area contributed by atoms with E-state index >= 15 is 0 Å². The second-order valence-corrected chi connectivity index (χ2v) is 6.22. The number of rotatable bonds is 9. The van der Waals surface area contributed by atoms with Crippen LogP contribution in [0.4, 0.5) is 4.79 Å². The van der Waals surface area contributed by atoms with E-state index in [0.717, 1.165) is 0 Å². The fraction of sp³-hybridized carbons (Fsp3) is 0.733. The molecular weight excluding hydrogens is 322 g/mol. The maximum atomic E-state index is 11.8. The number of carbonyl (C=O) groups excluding carboxylic acids is 2. The summed E-state index contributed by atoms with van der Waals surface area (Å²) in [5, 5.41) is 20.2. The maximum absolute atomic E-state index is 11.8. The number of carboxylic acids is 2. The van der Waals surface area contributed by atoms with E-state index < -0.39 is 54.4 Å². The van der Waals surface area contributed by atoms with Crippen LogP contribution in [0.3, 0.4) is 0 Å². The minimum Gasteiger partial charge on any atom is -0.481 e. The summed E-state index contributed by atoms with van der Waals surface area (Å²) in [6.07, 6.45) is -2.03. The van der Waals surface area contributed by atoms with Crippen LogP contribution in [0.1, 0.15) is 47.0 Å². The molecule has 3 N–H and O–H groups in total. The summed E-state index contributed by atoms with van der Waals surface area (Å²) in [6, 6.07) is -0.967. The Morgan fingerprint density at radius 1 is 1.04 bits per heavy atom. The van der Waals surface area contributed by atoms with E-state index in [1.165, 1.54) is 0 Å². The van der Waals surface area contributed by atoms with Crippen molar-refractivity contribution in [1.29, 1.82) is 0 Å². The molecular formula is C15H25NO8. The lowest BCUT2D eigenvalue weighted by atomic mass is 9.95. The molecule has 0 aromatic rings. The van der Waals surface area contributed by atoms with E-state index in [1.54, 1.807) is 27.7 Å². The normalized spacial score (nSPS) is 13.5. The summed E-state index contributed by atoms with van der Waals surface area (Å²) >= 11 is 0. The average molecular weight is 347 g/mol. The Morgan fingerprint density at radius 2 is 1.58 bits per heavy atom. The van der Waals surface area contributed by atoms with Crippen molar-refractivity contribution < 1.29 is 38.9 Å². The fourth-order valence-corrected chi connectivity index (χ4v) is 1.96. The zero-order chi connectivity index (χ0) is 18.9. The predicted octanol–water partition coefficient (Wildman–Crippen LogP) is 1.40. The first-order valence-electron chi connectivity index (χ1n) is 7.54. The van der Waals surface area contributed by atoms with Gasteiger partial charge in [0, 0.05) is 6.04 Å². The molecule has 1 amide bonds. The number of esters is 1. The van der Waals surface area contributed by atoms with Crippen molar-refractivity contribution in [2.24, 2.45) is 5.92 Å². The lowest BCUT2D eigenvalue weighted by Crippen LogP contribution is -2.42. The van der Waals surface area contributed by atoms with E-state index in [2.05, 4.69) is 5.32 Å². The highest BCUT2D eigenvalue weighted by Crippen LogP contribution is 2.17. The summed E-state index contributed by atoms with van der Waals surface area (Å²) in [4.78, 5) is 45.5. The van der Waals surface area contributed by atoms with E-state index in [1.807, 2.05) is 0 Å². The molecule has 0 aliphatic carbocycles. The third kappa shape index (κ3) is 10.4. The molecule has 0 heterocycles. The van der Waals surface area contributed by atoms with Crippen molar-refractivity contribution >= 4 is 24.0 Å². The van der Waals surface area contributed by atoms with Crippen LogP contribution < -0.4 is 5.32 Å². The number of carbonyl (C=O) groups is 4. The second-order valence-electron chi connectivity index (χ2n) is 6.22. The number of alkyl carbamates (subject to hydrolysis) is 1. The lowest BCUT2D eigenvalue weighted by Gasteiger charge is -2.24. The third-order valence-electron chi connectivity index (χ3n) is 2.75. The Bertz CT molecular complexity index is 469. The van der Waals surface area contributed by atoms with Gasteiger partial charge in [0.1, 0.15) is 5.60 Å². The first-order chi connectivity index (χ1) is 10.9. The summed E-state index contributed by atoms with van der Waals surface area (Å²) in [6.45, 7) is 6.57. The highest BCUT2D eigenvalue weighted by molar-refractivity contribution is 5.79. The van der Waals surface area contributed by atoms with Gasteiger partial charge in [0.15, 0.2) is 0 Å². The van der Waals surface area contributed by atoms with Gasteiger partial charge in [0.2, 0.25) is 0 Å². The van der Waals surface area contributed by atoms with Crippen LogP contribution in [0.15, 0.2) is 0 Å². The molecule has 0 aromatic heterocycles. The molecule has 0 saturated heterocycles. The van der Waals surface area contributed by atoms with Crippen LogP contribution in [0.5, 0.6) is 0 Å². The van der Waals surface area contributed by atoms with E-state index in [9.17, 15) is 19.2 Å². The number of hydrogen-bond donors (Lipinski definition) is 3. The van der Waals surface area contributed by atoms with Gasteiger partial charge >= 0.3 is 24.0 Å². The van der Waals surface area contributed by atoms with Crippen molar-refractivity contribution in [3.8, 4) is 0 Å². The molecule has 0 saturated carbocycles. The number of amides is 1. The molecule has 138 valence electrons. The molecule has 2 unspecified atom stereocenters. The molecule has 0 aliphatic heterocycles. The second kappa shape index (κ2) is 9.74. The Morgan fingerprint density at radius 3 is 2.00 bits per heavy atom. The quantitative estimate of drug-likeness (QED) is 0.532. The van der Waals surface area contributed by atoms with E-state index in [0.29, 0.717) is 0 Å². The molecule has 0 aliphatic rings. The third-order valence-corrected chi connectivity index (χ3v) is 2.75. The summed E-state index contributed by atoms with van der Waals surface area (Å²) < 4.78 is 9.85. The van der Waals surface area contributed by atoms with Gasteiger partial charge in [-0.15, -0.1) is 0 Å². The number of ether oxygens (including phenoxy) is 2. The Hall–Kier alpha value is -2.32. The molecule has 0 spiro atoms. The van der Waals surface area contributed by atoms with Crippen LogP contribution in [0, 0.1) is 5.92 Å². The Labute approximate surface area is 140 Å². The van der Waals surface area contributed by atoms with Crippen LogP contribution in [-0.2, 0) is 23.9 Å². The van der Waals surface area contributed by atoms with Crippen LogP contribution in [0.25, 0.3) is 0 Å². The molecule has 0 rings (SSSR count). The van der Waals surface area contributed by atoms with Crippen LogP contribution in [-0.4, -0.2) is 52.5 Å². The zero-order valence-electron chi connectivity index (χ0n) is 14.3. The minimum atomic E-state index is -1.22. The van der Waals surface area contributed by atoms with Gasteiger partial charge in [0.05, 0.1) is 25.4 Å². The minimum absolute atomic E-state index is 0.0675. The van der Waals surface area contributed by atoms with Gasteiger partial charge in [-0.2, -0.15) is 0 Å². The molecule has 2 atom stereocenters. The topological polar surface area (TPSA) is 139 Å². The zero-order valence-corrected chi connectivity index (χ0v) is 14.3. The van der Waals surface area contributed by atoms with Gasteiger partial charge in [-0.3, -0.25) is 14.4 Å². The summed E-state index contributed by atoms with van der Waals surface area (Å²) in [5.74, 6) is -4.24. The molecule has 9 heteroatoms. The standard InChI is InChI=1S/C15H25NO8/c1-5-23-13(21)9(7-11(17)18)6-10(8-12(19)20)16-14(22)24-15(2,3)4/h9-10H,5-8H2,1-4H3,(H,16,22)(H,17,18)(H,19,20). The summed E-state index contributed by atoms with van der Waals surface area (Å²) in [7, 11) is 0. The van der Waals surface area contributed by atoms with Crippen LogP contribution in [0.2, 0.25) is 0 Å². The van der Waals surface area contributed by atoms with Crippen molar-refractivity contribution in [2.75, 3.05) is 6.61 Å². The average Bonchev–Trinajstić information content (AvgIpc) is 2.34. The van der Waals surface area contributed by atoms with Gasteiger partial charge in [0.25, 0.3) is 0 Å².